The summed E-state index contributed by atoms with van der Waals surface area (Å²) in [4.78, 5) is 24.4. The third-order valence-electron chi connectivity index (χ3n) is 3.84. The summed E-state index contributed by atoms with van der Waals surface area (Å²) in [5.74, 6) is -0.421. The second-order valence-electron chi connectivity index (χ2n) is 5.45. The number of carbonyl (C=O) groups excluding carboxylic acids is 1. The number of nitrogens with one attached hydrogen (secondary N) is 1. The van der Waals surface area contributed by atoms with Gasteiger partial charge < -0.3 is 14.5 Å². The highest BCUT2D eigenvalue weighted by molar-refractivity contribution is 6.07. The number of rotatable bonds is 6. The van der Waals surface area contributed by atoms with Gasteiger partial charge in [0.2, 0.25) is 0 Å². The minimum atomic E-state index is -0.625. The molecule has 0 aliphatic heterocycles. The van der Waals surface area contributed by atoms with Gasteiger partial charge >= 0.3 is 5.63 Å². The largest absolute Gasteiger partial charge is 0.422 e. The molecule has 0 atom stereocenters. The van der Waals surface area contributed by atoms with E-state index in [0.717, 1.165) is 16.2 Å². The minimum absolute atomic E-state index is 0.0234. The standard InChI is InChI=1S/C19H19NO4/c1-2-23-11-5-10-20-18(21)16-12-15-14-7-4-3-6-13(14)8-9-17(15)24-19(16)22/h3-4,6-9,12H,2,5,10-11H2,1H3,(H,20,21). The number of hydrogen-bond donors (Lipinski definition) is 1. The minimum Gasteiger partial charge on any atom is -0.422 e. The summed E-state index contributed by atoms with van der Waals surface area (Å²) >= 11 is 0. The van der Waals surface area contributed by atoms with Crippen LogP contribution in [0.25, 0.3) is 21.7 Å². The van der Waals surface area contributed by atoms with Crippen molar-refractivity contribution in [2.24, 2.45) is 0 Å². The fraction of sp³-hybridized carbons (Fsp3) is 0.263. The van der Waals surface area contributed by atoms with Gasteiger partial charge in [0.1, 0.15) is 11.1 Å². The summed E-state index contributed by atoms with van der Waals surface area (Å²) < 4.78 is 10.5. The Labute approximate surface area is 139 Å². The zero-order valence-corrected chi connectivity index (χ0v) is 13.5. The predicted molar refractivity (Wildman–Crippen MR) is 93.4 cm³/mol. The highest BCUT2D eigenvalue weighted by Gasteiger charge is 2.14. The molecule has 0 aliphatic carbocycles. The first-order chi connectivity index (χ1) is 11.7. The highest BCUT2D eigenvalue weighted by atomic mass is 16.5. The Hall–Kier alpha value is -2.66. The van der Waals surface area contributed by atoms with Crippen molar-refractivity contribution in [1.82, 2.24) is 5.32 Å². The molecule has 124 valence electrons. The molecule has 0 unspecified atom stereocenters. The number of fused-ring (bicyclic) bond motifs is 3. The second-order valence-corrected chi connectivity index (χ2v) is 5.45. The fourth-order valence-corrected chi connectivity index (χ4v) is 2.65. The Morgan fingerprint density at radius 1 is 1.17 bits per heavy atom. The number of hydrogen-bond acceptors (Lipinski definition) is 4. The zero-order chi connectivity index (χ0) is 16.9. The molecule has 0 aliphatic rings. The van der Waals surface area contributed by atoms with E-state index in [1.807, 2.05) is 37.3 Å². The lowest BCUT2D eigenvalue weighted by molar-refractivity contribution is 0.0941. The number of benzene rings is 2. The van der Waals surface area contributed by atoms with Crippen LogP contribution in [0.15, 0.2) is 51.7 Å². The lowest BCUT2D eigenvalue weighted by Crippen LogP contribution is -2.29. The van der Waals surface area contributed by atoms with E-state index in [-0.39, 0.29) is 5.56 Å². The van der Waals surface area contributed by atoms with Gasteiger partial charge in [-0.2, -0.15) is 0 Å². The Morgan fingerprint density at radius 3 is 2.83 bits per heavy atom. The van der Waals surface area contributed by atoms with Crippen molar-refractivity contribution in [3.8, 4) is 0 Å². The Kier molecular flexibility index (Phi) is 4.91. The maximum atomic E-state index is 12.3. The topological polar surface area (TPSA) is 68.5 Å². The first-order valence-corrected chi connectivity index (χ1v) is 8.02. The van der Waals surface area contributed by atoms with E-state index >= 15 is 0 Å². The number of amides is 1. The molecule has 0 saturated heterocycles. The van der Waals surface area contributed by atoms with Crippen molar-refractivity contribution in [2.75, 3.05) is 19.8 Å². The first-order valence-electron chi connectivity index (χ1n) is 8.02. The van der Waals surface area contributed by atoms with Crippen molar-refractivity contribution in [3.05, 3.63) is 58.4 Å². The van der Waals surface area contributed by atoms with Gasteiger partial charge in [-0.25, -0.2) is 4.79 Å². The monoisotopic (exact) mass is 325 g/mol. The van der Waals surface area contributed by atoms with Crippen LogP contribution in [0.2, 0.25) is 0 Å². The molecule has 5 heteroatoms. The van der Waals surface area contributed by atoms with Crippen LogP contribution in [0, 0.1) is 0 Å². The van der Waals surface area contributed by atoms with Crippen molar-refractivity contribution >= 4 is 27.6 Å². The molecule has 0 radical (unpaired) electrons. The fourth-order valence-electron chi connectivity index (χ4n) is 2.65. The molecule has 0 spiro atoms. The van der Waals surface area contributed by atoms with E-state index in [4.69, 9.17) is 9.15 Å². The van der Waals surface area contributed by atoms with Crippen LogP contribution in [-0.2, 0) is 4.74 Å². The van der Waals surface area contributed by atoms with Crippen LogP contribution < -0.4 is 10.9 Å². The van der Waals surface area contributed by atoms with Gasteiger partial charge in [-0.05, 0) is 36.2 Å². The molecule has 5 nitrogen and oxygen atoms in total. The molecule has 24 heavy (non-hydrogen) atoms. The third-order valence-corrected chi connectivity index (χ3v) is 3.84. The van der Waals surface area contributed by atoms with Crippen molar-refractivity contribution < 1.29 is 13.9 Å². The lowest BCUT2D eigenvalue weighted by Gasteiger charge is -2.07. The van der Waals surface area contributed by atoms with Crippen LogP contribution in [-0.4, -0.2) is 25.7 Å². The molecular weight excluding hydrogens is 306 g/mol. The Morgan fingerprint density at radius 2 is 2.00 bits per heavy atom. The molecule has 2 aromatic carbocycles. The van der Waals surface area contributed by atoms with Gasteiger partial charge in [-0.15, -0.1) is 0 Å². The molecule has 0 fully saturated rings. The van der Waals surface area contributed by atoms with Crippen LogP contribution in [0.1, 0.15) is 23.7 Å². The van der Waals surface area contributed by atoms with Crippen LogP contribution in [0.3, 0.4) is 0 Å². The van der Waals surface area contributed by atoms with Gasteiger partial charge in [0.25, 0.3) is 5.91 Å². The molecule has 0 saturated carbocycles. The van der Waals surface area contributed by atoms with Crippen LogP contribution in [0.5, 0.6) is 0 Å². The van der Waals surface area contributed by atoms with E-state index in [2.05, 4.69) is 5.32 Å². The van der Waals surface area contributed by atoms with Crippen molar-refractivity contribution in [2.45, 2.75) is 13.3 Å². The van der Waals surface area contributed by atoms with Gasteiger partial charge in [0, 0.05) is 25.1 Å². The average molecular weight is 325 g/mol. The van der Waals surface area contributed by atoms with Crippen molar-refractivity contribution in [1.29, 1.82) is 0 Å². The Balaban J connectivity index is 1.90. The van der Waals surface area contributed by atoms with Gasteiger partial charge in [-0.1, -0.05) is 30.3 Å². The number of ether oxygens (including phenoxy) is 1. The van der Waals surface area contributed by atoms with Gasteiger partial charge in [0.15, 0.2) is 0 Å². The predicted octanol–water partition coefficient (Wildman–Crippen LogP) is 3.10. The van der Waals surface area contributed by atoms with E-state index in [0.29, 0.717) is 31.8 Å². The van der Waals surface area contributed by atoms with E-state index in [1.165, 1.54) is 0 Å². The van der Waals surface area contributed by atoms with E-state index < -0.39 is 11.5 Å². The molecule has 1 N–H and O–H groups in total. The maximum Gasteiger partial charge on any atom is 0.349 e. The van der Waals surface area contributed by atoms with Crippen LogP contribution in [0.4, 0.5) is 0 Å². The van der Waals surface area contributed by atoms with Gasteiger partial charge in [-0.3, -0.25) is 4.79 Å². The SMILES string of the molecule is CCOCCCNC(=O)c1cc2c(ccc3ccccc32)oc1=O. The molecule has 3 aromatic rings. The quantitative estimate of drug-likeness (QED) is 0.429. The average Bonchev–Trinajstić information content (AvgIpc) is 2.60. The second kappa shape index (κ2) is 7.27. The molecule has 0 bridgehead atoms. The summed E-state index contributed by atoms with van der Waals surface area (Å²) in [5.41, 5.74) is -0.123. The summed E-state index contributed by atoms with van der Waals surface area (Å²) in [6, 6.07) is 13.0. The molecule has 3 rings (SSSR count). The normalized spacial score (nSPS) is 11.0. The maximum absolute atomic E-state index is 12.3. The number of carbonyl (C=O) groups is 1. The van der Waals surface area contributed by atoms with E-state index in [9.17, 15) is 9.59 Å². The third kappa shape index (κ3) is 3.31. The summed E-state index contributed by atoms with van der Waals surface area (Å²) in [6.07, 6.45) is 0.696. The van der Waals surface area contributed by atoms with E-state index in [1.54, 1.807) is 12.1 Å². The summed E-state index contributed by atoms with van der Waals surface area (Å²) in [6.45, 7) is 3.60. The zero-order valence-electron chi connectivity index (χ0n) is 13.5. The van der Waals surface area contributed by atoms with Gasteiger partial charge in [0.05, 0.1) is 0 Å². The molecule has 1 heterocycles. The summed E-state index contributed by atoms with van der Waals surface area (Å²) in [5, 5.41) is 5.47. The Bertz CT molecular complexity index is 929. The smallest absolute Gasteiger partial charge is 0.349 e. The summed E-state index contributed by atoms with van der Waals surface area (Å²) in [7, 11) is 0. The van der Waals surface area contributed by atoms with Crippen molar-refractivity contribution in [3.63, 3.8) is 0 Å². The lowest BCUT2D eigenvalue weighted by atomic mass is 10.0. The molecule has 1 aromatic heterocycles. The first kappa shape index (κ1) is 16.2. The molecular formula is C19H19NO4. The molecule has 1 amide bonds. The highest BCUT2D eigenvalue weighted by Crippen LogP contribution is 2.24. The van der Waals surface area contributed by atoms with Crippen LogP contribution >= 0.6 is 0 Å².